The number of hydrogen-bond acceptors (Lipinski definition) is 29. The van der Waals surface area contributed by atoms with Crippen molar-refractivity contribution >= 4 is 105 Å². The molecule has 20 rings (SSSR count). The highest BCUT2D eigenvalue weighted by molar-refractivity contribution is 6.31. The van der Waals surface area contributed by atoms with Crippen LogP contribution in [0.4, 0.5) is 13.2 Å². The molecule has 13 heterocycles. The molecule has 0 saturated heterocycles. The van der Waals surface area contributed by atoms with Gasteiger partial charge in [-0.3, -0.25) is 82.0 Å². The van der Waals surface area contributed by atoms with Crippen molar-refractivity contribution in [1.29, 1.82) is 0 Å². The minimum atomic E-state index is -2.65. The lowest BCUT2D eigenvalue weighted by Gasteiger charge is -2.67. The predicted molar refractivity (Wildman–Crippen MR) is 489 cm³/mol. The van der Waals surface area contributed by atoms with Gasteiger partial charge >= 0.3 is 23.9 Å². The first-order valence-electron chi connectivity index (χ1n) is 43.3. The first kappa shape index (κ1) is 97.3. The van der Waals surface area contributed by atoms with Gasteiger partial charge in [0.2, 0.25) is 5.92 Å². The number of rotatable bonds is 32. The molecule has 702 valence electrons. The summed E-state index contributed by atoms with van der Waals surface area (Å²) in [5.74, 6) is -5.12. The Morgan fingerprint density at radius 2 is 0.662 bits per heavy atom. The Morgan fingerprint density at radius 1 is 0.375 bits per heavy atom. The molecule has 41 heteroatoms. The van der Waals surface area contributed by atoms with E-state index in [2.05, 4.69) is 86.1 Å². The Bertz CT molecular complexity index is 6400. The molecule has 0 aromatic carbocycles. The molecule has 4 atom stereocenters. The Kier molecular flexibility index (Phi) is 29.4. The molecule has 33 nitrogen and oxygen atoms in total. The molecular weight excluding hydrogens is 1860 g/mol. The average molecular weight is 1950 g/mol. The van der Waals surface area contributed by atoms with Gasteiger partial charge in [-0.2, -0.15) is 0 Å². The average Bonchev–Trinajstić information content (AvgIpc) is 0.804. The van der Waals surface area contributed by atoms with Gasteiger partial charge in [-0.05, 0) is 173 Å². The quantitative estimate of drug-likeness (QED) is 0.0124. The van der Waals surface area contributed by atoms with Gasteiger partial charge in [-0.1, -0.05) is 91.5 Å². The maximum atomic E-state index is 13.7. The topological polar surface area (TPSA) is 412 Å². The number of alkyl halides is 4. The zero-order valence-electron chi connectivity index (χ0n) is 74.7. The molecule has 0 spiro atoms. The highest BCUT2D eigenvalue weighted by atomic mass is 35.5. The van der Waals surface area contributed by atoms with Gasteiger partial charge in [-0.15, -0.1) is 32.0 Å². The van der Waals surface area contributed by atoms with Crippen molar-refractivity contribution in [3.05, 3.63) is 265 Å². The Balaban J connectivity index is 0.000000138. The van der Waals surface area contributed by atoms with E-state index in [4.69, 9.17) is 77.0 Å². The third kappa shape index (κ3) is 22.9. The van der Waals surface area contributed by atoms with E-state index in [1.54, 1.807) is 208 Å². The minimum absolute atomic E-state index is 0.0354. The highest BCUT2D eigenvalue weighted by Crippen LogP contribution is 2.73. The van der Waals surface area contributed by atoms with Gasteiger partial charge in [0.05, 0.1) is 71.2 Å². The maximum Gasteiger partial charge on any atom is 0.312 e. The fourth-order valence-corrected chi connectivity index (χ4v) is 19.5. The fourth-order valence-electron chi connectivity index (χ4n) is 17.5. The highest BCUT2D eigenvalue weighted by Gasteiger charge is 2.69. The lowest BCUT2D eigenvalue weighted by Crippen LogP contribution is -2.64. The van der Waals surface area contributed by atoms with Crippen LogP contribution in [0.3, 0.4) is 0 Å². The lowest BCUT2D eigenvalue weighted by atomic mass is 9.41. The van der Waals surface area contributed by atoms with Crippen LogP contribution in [0.5, 0.6) is 0 Å². The van der Waals surface area contributed by atoms with Crippen molar-refractivity contribution in [2.45, 2.75) is 171 Å². The van der Waals surface area contributed by atoms with Gasteiger partial charge in [-0.25, -0.2) is 33.1 Å². The van der Waals surface area contributed by atoms with Crippen LogP contribution >= 0.6 is 58.0 Å². The van der Waals surface area contributed by atoms with Crippen LogP contribution in [-0.2, 0) is 98.4 Å². The molecule has 13 aromatic rings. The third-order valence-corrected chi connectivity index (χ3v) is 26.1. The van der Waals surface area contributed by atoms with E-state index >= 15 is 0 Å². The number of carbonyl (C=O) groups is 8. The summed E-state index contributed by atoms with van der Waals surface area (Å²) in [6.07, 6.45) is 17.8. The monoisotopic (exact) mass is 1950 g/mol. The Morgan fingerprint density at radius 3 is 0.926 bits per heavy atom. The third-order valence-electron chi connectivity index (χ3n) is 24.5. The summed E-state index contributed by atoms with van der Waals surface area (Å²) in [5, 5.41) is 33.7. The van der Waals surface area contributed by atoms with E-state index in [0.717, 1.165) is 24.8 Å². The standard InChI is InChI=1S/C24H23Cl2N5O3.C24H23ClFN5O3.C24H21ClN6O3.C23H22ClF2N5O3/c2*1-14(16-4-3-7-27-22(16)25)34-20(33)8-18-21(29-30-31(18)2)17-6-5-15(10-28-17)19(32)9-23-11-24(26,12-23)13-23;1-15(18-4-3-9-27-24(18)25)34-22(33)13-20-23(29-30-31(20)2)19-6-5-17(14-28-19)21(32)12-16-7-10-26-11-8-16;1-13(16-4-3-7-27-22(16)24)34-20(33)9-18-21(29-30-31(18)2)17-6-5-15(12-28-17)19(32)8-14-10-23(25,26)11-14/h2*3-7,10,14H,8-9,11-13H2,1-2H3;3-11,14-15H,12-13H2,1-2H3;3-7,12-14H,8-11H2,1-2H3/t2*14-,23?,24?;15-;13-/m1111/s1. The van der Waals surface area contributed by atoms with Gasteiger partial charge in [0.1, 0.15) is 73.5 Å². The molecule has 0 unspecified atom stereocenters. The summed E-state index contributed by atoms with van der Waals surface area (Å²) in [5.41, 5.74) is 9.88. The second-order valence-electron chi connectivity index (χ2n) is 34.8. The summed E-state index contributed by atoms with van der Waals surface area (Å²) in [6, 6.07) is 30.9. The normalized spacial score (nSPS) is 18.7. The summed E-state index contributed by atoms with van der Waals surface area (Å²) in [6.45, 7) is 6.89. The van der Waals surface area contributed by atoms with E-state index in [1.165, 1.54) is 37.3 Å². The SMILES string of the molecule is C[C@@H](OC(=O)Cc1c(-c2ccc(C(=O)CC34CC(Cl)(C3)C4)cn2)nnn1C)c1cccnc1Cl.C[C@@H](OC(=O)Cc1c(-c2ccc(C(=O)CC34CC(F)(C3)C4)cn2)nnn1C)c1cccnc1Cl.C[C@@H](OC(=O)Cc1c(-c2ccc(C(=O)CC3CC(F)(F)C3)cn2)nnn1C)c1cccnc1Cl.C[C@@H](OC(=O)Cc1c(-c2ccc(C(=O)Cc3ccncc3)cn2)nnn1C)c1cccnc1Cl. The number of ether oxygens (including phenoxy) is 4. The molecule has 13 aromatic heterocycles. The number of halogens is 8. The number of pyridine rings is 9. The lowest BCUT2D eigenvalue weighted by molar-refractivity contribution is -0.210. The summed E-state index contributed by atoms with van der Waals surface area (Å²) >= 11 is 30.7. The molecule has 0 amide bonds. The first-order valence-corrected chi connectivity index (χ1v) is 45.1. The summed E-state index contributed by atoms with van der Waals surface area (Å²) < 4.78 is 67.8. The van der Waals surface area contributed by atoms with Crippen LogP contribution in [0.15, 0.2) is 171 Å². The molecule has 136 heavy (non-hydrogen) atoms. The molecule has 7 fully saturated rings. The fraction of sp³-hybridized carbons (Fsp3) is 0.358. The number of Topliss-reactive ketones (excluding diaryl/α,β-unsaturated/α-hetero) is 4. The summed E-state index contributed by atoms with van der Waals surface area (Å²) in [7, 11) is 6.71. The number of aryl methyl sites for hydroxylation is 4. The molecule has 7 aliphatic carbocycles. The molecule has 7 aliphatic rings. The zero-order valence-corrected chi connectivity index (χ0v) is 78.5. The molecule has 0 N–H and O–H groups in total. The van der Waals surface area contributed by atoms with Gasteiger partial charge in [0.15, 0.2) is 23.1 Å². The summed E-state index contributed by atoms with van der Waals surface area (Å²) in [4.78, 5) is 138. The van der Waals surface area contributed by atoms with Crippen LogP contribution in [-0.4, -0.2) is 168 Å². The van der Waals surface area contributed by atoms with Crippen LogP contribution in [0.2, 0.25) is 20.6 Å². The number of carbonyl (C=O) groups excluding carboxylic acids is 8. The van der Waals surface area contributed by atoms with Gasteiger partial charge in [0.25, 0.3) is 0 Å². The van der Waals surface area contributed by atoms with Crippen molar-refractivity contribution < 1.29 is 70.5 Å². The van der Waals surface area contributed by atoms with Crippen molar-refractivity contribution in [3.63, 3.8) is 0 Å². The Labute approximate surface area is 801 Å². The predicted octanol–water partition coefficient (Wildman–Crippen LogP) is 16.7. The maximum absolute atomic E-state index is 13.7. The second-order valence-corrected chi connectivity index (χ2v) is 37.0. The van der Waals surface area contributed by atoms with Crippen molar-refractivity contribution in [2.75, 3.05) is 0 Å². The largest absolute Gasteiger partial charge is 0.457 e. The molecule has 4 bridgehead atoms. The molecule has 0 radical (unpaired) electrons. The first-order chi connectivity index (χ1) is 64.9. The second kappa shape index (κ2) is 41.1. The van der Waals surface area contributed by atoms with Crippen LogP contribution in [0.25, 0.3) is 45.6 Å². The Hall–Kier alpha value is -13.3. The minimum Gasteiger partial charge on any atom is -0.457 e. The number of aromatic nitrogens is 21. The van der Waals surface area contributed by atoms with Crippen molar-refractivity contribution in [1.82, 2.24) is 105 Å². The zero-order chi connectivity index (χ0) is 96.7. The molecule has 0 aliphatic heterocycles. The van der Waals surface area contributed by atoms with Gasteiger partial charge < -0.3 is 18.9 Å². The number of nitrogens with zero attached hydrogens (tertiary/aromatic N) is 21. The van der Waals surface area contributed by atoms with E-state index in [0.29, 0.717) is 150 Å². The number of ketones is 4. The van der Waals surface area contributed by atoms with Crippen molar-refractivity contribution in [3.8, 4) is 45.6 Å². The van der Waals surface area contributed by atoms with Crippen LogP contribution in [0, 0.1) is 16.7 Å². The van der Waals surface area contributed by atoms with E-state index in [9.17, 15) is 51.5 Å². The van der Waals surface area contributed by atoms with Crippen molar-refractivity contribution in [2.24, 2.45) is 44.9 Å². The van der Waals surface area contributed by atoms with Crippen LogP contribution in [0.1, 0.15) is 215 Å². The number of esters is 4. The van der Waals surface area contributed by atoms with E-state index in [-0.39, 0.29) is 112 Å². The van der Waals surface area contributed by atoms with Crippen LogP contribution < -0.4 is 0 Å². The van der Waals surface area contributed by atoms with E-state index < -0.39 is 59.9 Å². The molecular formula is C95H89Cl5F3N21O12. The van der Waals surface area contributed by atoms with E-state index in [1.807, 2.05) is 0 Å². The smallest absolute Gasteiger partial charge is 0.312 e. The van der Waals surface area contributed by atoms with Gasteiger partial charge in [0, 0.05) is 178 Å². The molecule has 7 saturated carbocycles. The number of hydrogen-bond donors (Lipinski definition) is 0.